The first kappa shape index (κ1) is 11.5. The Morgan fingerprint density at radius 1 is 1.11 bits per heavy atom. The van der Waals surface area contributed by atoms with E-state index in [0.717, 1.165) is 23.8 Å². The van der Waals surface area contributed by atoms with Gasteiger partial charge in [0.1, 0.15) is 11.3 Å². The number of phenols is 1. The van der Waals surface area contributed by atoms with Crippen molar-refractivity contribution in [1.82, 2.24) is 4.98 Å². The van der Waals surface area contributed by atoms with E-state index in [-0.39, 0.29) is 11.3 Å². The topological polar surface area (TPSA) is 59.1 Å². The maximum absolute atomic E-state index is 9.87. The van der Waals surface area contributed by atoms with Gasteiger partial charge in [-0.1, -0.05) is 31.4 Å². The Morgan fingerprint density at radius 2 is 1.89 bits per heavy atom. The molecule has 1 aliphatic carbocycles. The van der Waals surface area contributed by atoms with E-state index in [1.165, 1.54) is 19.3 Å². The molecule has 1 aromatic carbocycles. The zero-order valence-electron chi connectivity index (χ0n) is 10.4. The second-order valence-corrected chi connectivity index (χ2v) is 5.25. The number of nitrogens with two attached hydrogens (primary N) is 1. The number of hydrogen-bond donors (Lipinski definition) is 2. The van der Waals surface area contributed by atoms with Gasteiger partial charge in [-0.25, -0.2) is 0 Å². The fourth-order valence-corrected chi connectivity index (χ4v) is 3.05. The van der Waals surface area contributed by atoms with E-state index >= 15 is 0 Å². The third-order valence-electron chi connectivity index (χ3n) is 4.03. The van der Waals surface area contributed by atoms with Gasteiger partial charge < -0.3 is 10.8 Å². The zero-order chi connectivity index (χ0) is 12.6. The van der Waals surface area contributed by atoms with Crippen LogP contribution in [0.1, 0.15) is 37.7 Å². The Balaban J connectivity index is 2.20. The van der Waals surface area contributed by atoms with Crippen molar-refractivity contribution in [1.29, 1.82) is 0 Å². The maximum Gasteiger partial charge on any atom is 0.141 e. The number of aromatic nitrogens is 1. The molecule has 0 saturated heterocycles. The van der Waals surface area contributed by atoms with Crippen LogP contribution in [-0.2, 0) is 5.54 Å². The molecule has 0 bridgehead atoms. The smallest absolute Gasteiger partial charge is 0.141 e. The minimum atomic E-state index is -0.257. The summed E-state index contributed by atoms with van der Waals surface area (Å²) in [5.74, 6) is 0.230. The summed E-state index contributed by atoms with van der Waals surface area (Å²) in [5.41, 5.74) is 8.12. The summed E-state index contributed by atoms with van der Waals surface area (Å²) in [7, 11) is 0. The Hall–Kier alpha value is -1.61. The molecule has 1 heterocycles. The summed E-state index contributed by atoms with van der Waals surface area (Å²) in [6, 6.07) is 7.53. The molecule has 3 heteroatoms. The van der Waals surface area contributed by atoms with E-state index in [4.69, 9.17) is 5.73 Å². The Labute approximate surface area is 107 Å². The van der Waals surface area contributed by atoms with Gasteiger partial charge in [0.05, 0.1) is 0 Å². The number of benzene rings is 1. The Bertz CT molecular complexity index is 574. The predicted octanol–water partition coefficient (Wildman–Crippen LogP) is 3.06. The second-order valence-electron chi connectivity index (χ2n) is 5.25. The van der Waals surface area contributed by atoms with E-state index < -0.39 is 0 Å². The van der Waals surface area contributed by atoms with Gasteiger partial charge in [0.15, 0.2) is 0 Å². The largest absolute Gasteiger partial charge is 0.506 e. The van der Waals surface area contributed by atoms with Crippen LogP contribution in [0, 0.1) is 0 Å². The highest BCUT2D eigenvalue weighted by molar-refractivity contribution is 5.87. The molecule has 1 aliphatic rings. The van der Waals surface area contributed by atoms with Crippen LogP contribution >= 0.6 is 0 Å². The lowest BCUT2D eigenvalue weighted by molar-refractivity contribution is 0.304. The number of aromatic hydroxyl groups is 1. The number of rotatable bonds is 1. The number of fused-ring (bicyclic) bond motifs is 1. The normalized spacial score (nSPS) is 18.9. The lowest BCUT2D eigenvalue weighted by Gasteiger charge is -2.34. The molecule has 0 unspecified atom stereocenters. The minimum Gasteiger partial charge on any atom is -0.506 e. The van der Waals surface area contributed by atoms with Gasteiger partial charge in [-0.2, -0.15) is 0 Å². The lowest BCUT2D eigenvalue weighted by atomic mass is 9.76. The van der Waals surface area contributed by atoms with E-state index in [1.807, 2.05) is 18.2 Å². The molecule has 0 atom stereocenters. The maximum atomic E-state index is 9.87. The number of para-hydroxylation sites is 1. The average Bonchev–Trinajstić information content (AvgIpc) is 2.39. The molecule has 1 fully saturated rings. The number of hydrogen-bond acceptors (Lipinski definition) is 3. The second kappa shape index (κ2) is 4.25. The van der Waals surface area contributed by atoms with Gasteiger partial charge in [0.2, 0.25) is 0 Å². The van der Waals surface area contributed by atoms with E-state index in [9.17, 15) is 5.11 Å². The molecule has 0 amide bonds. The third kappa shape index (κ3) is 1.75. The molecule has 3 rings (SSSR count). The quantitative estimate of drug-likeness (QED) is 0.808. The van der Waals surface area contributed by atoms with Crippen LogP contribution in [0.5, 0.6) is 5.75 Å². The number of nitrogens with zero attached hydrogens (tertiary/aromatic N) is 1. The first-order valence-corrected chi connectivity index (χ1v) is 6.57. The Morgan fingerprint density at radius 3 is 2.67 bits per heavy atom. The molecule has 18 heavy (non-hydrogen) atoms. The van der Waals surface area contributed by atoms with Crippen molar-refractivity contribution >= 4 is 10.9 Å². The van der Waals surface area contributed by atoms with Crippen LogP contribution in [0.4, 0.5) is 0 Å². The van der Waals surface area contributed by atoms with Crippen molar-refractivity contribution in [3.63, 3.8) is 0 Å². The van der Waals surface area contributed by atoms with Crippen molar-refractivity contribution < 1.29 is 5.11 Å². The highest BCUT2D eigenvalue weighted by atomic mass is 16.3. The van der Waals surface area contributed by atoms with Gasteiger partial charge in [0, 0.05) is 17.1 Å². The highest BCUT2D eigenvalue weighted by Crippen LogP contribution is 2.38. The number of phenolic OH excluding ortho intramolecular Hbond substituents is 1. The molecular formula is C15H18N2O. The van der Waals surface area contributed by atoms with Crippen LogP contribution in [0.3, 0.4) is 0 Å². The van der Waals surface area contributed by atoms with Gasteiger partial charge in [0.25, 0.3) is 0 Å². The summed E-state index contributed by atoms with van der Waals surface area (Å²) in [6.07, 6.45) is 7.41. The van der Waals surface area contributed by atoms with Gasteiger partial charge in [-0.05, 0) is 30.5 Å². The molecule has 3 nitrogen and oxygen atoms in total. The monoisotopic (exact) mass is 242 g/mol. The standard InChI is InChI=1S/C15H18N2O/c16-15(8-2-1-3-9-15)12-7-10-17-14-11(12)5-4-6-13(14)18/h4-7,10,18H,1-3,8-9,16H2. The summed E-state index contributed by atoms with van der Waals surface area (Å²) >= 11 is 0. The van der Waals surface area contributed by atoms with Gasteiger partial charge >= 0.3 is 0 Å². The fraction of sp³-hybridized carbons (Fsp3) is 0.400. The molecule has 0 aliphatic heterocycles. The molecule has 0 radical (unpaired) electrons. The molecule has 1 saturated carbocycles. The zero-order valence-corrected chi connectivity index (χ0v) is 10.4. The average molecular weight is 242 g/mol. The van der Waals surface area contributed by atoms with Crippen molar-refractivity contribution in [3.8, 4) is 5.75 Å². The minimum absolute atomic E-state index is 0.230. The summed E-state index contributed by atoms with van der Waals surface area (Å²) < 4.78 is 0. The molecule has 2 aromatic rings. The fourth-order valence-electron chi connectivity index (χ4n) is 3.05. The highest BCUT2D eigenvalue weighted by Gasteiger charge is 2.31. The van der Waals surface area contributed by atoms with Crippen molar-refractivity contribution in [2.45, 2.75) is 37.6 Å². The first-order valence-electron chi connectivity index (χ1n) is 6.57. The van der Waals surface area contributed by atoms with Crippen LogP contribution in [0.15, 0.2) is 30.5 Å². The predicted molar refractivity (Wildman–Crippen MR) is 72.4 cm³/mol. The van der Waals surface area contributed by atoms with Crippen LogP contribution in [0.2, 0.25) is 0 Å². The van der Waals surface area contributed by atoms with Crippen molar-refractivity contribution in [3.05, 3.63) is 36.0 Å². The van der Waals surface area contributed by atoms with E-state index in [2.05, 4.69) is 4.98 Å². The van der Waals surface area contributed by atoms with E-state index in [0.29, 0.717) is 5.52 Å². The summed E-state index contributed by atoms with van der Waals surface area (Å²) in [5, 5.41) is 10.9. The summed E-state index contributed by atoms with van der Waals surface area (Å²) in [6.45, 7) is 0. The Kier molecular flexibility index (Phi) is 2.71. The van der Waals surface area contributed by atoms with Crippen LogP contribution in [0.25, 0.3) is 10.9 Å². The summed E-state index contributed by atoms with van der Waals surface area (Å²) in [4.78, 5) is 4.26. The molecule has 94 valence electrons. The third-order valence-corrected chi connectivity index (χ3v) is 4.03. The molecule has 0 spiro atoms. The number of pyridine rings is 1. The van der Waals surface area contributed by atoms with Gasteiger partial charge in [-0.3, -0.25) is 4.98 Å². The lowest BCUT2D eigenvalue weighted by Crippen LogP contribution is -2.38. The first-order chi connectivity index (χ1) is 8.71. The SMILES string of the molecule is NC1(c2ccnc3c(O)cccc23)CCCCC1. The molecular weight excluding hydrogens is 224 g/mol. The van der Waals surface area contributed by atoms with Crippen LogP contribution in [-0.4, -0.2) is 10.1 Å². The van der Waals surface area contributed by atoms with Gasteiger partial charge in [-0.15, -0.1) is 0 Å². The van der Waals surface area contributed by atoms with Crippen LogP contribution < -0.4 is 5.73 Å². The van der Waals surface area contributed by atoms with Crippen molar-refractivity contribution in [2.24, 2.45) is 5.73 Å². The van der Waals surface area contributed by atoms with Crippen molar-refractivity contribution in [2.75, 3.05) is 0 Å². The molecule has 3 N–H and O–H groups in total. The van der Waals surface area contributed by atoms with E-state index in [1.54, 1.807) is 12.3 Å². The molecule has 1 aromatic heterocycles.